The summed E-state index contributed by atoms with van der Waals surface area (Å²) in [6, 6.07) is 0.316. The minimum Gasteiger partial charge on any atom is -0.486 e. The van der Waals surface area contributed by atoms with E-state index in [9.17, 15) is 9.59 Å². The quantitative estimate of drug-likeness (QED) is 0.687. The van der Waals surface area contributed by atoms with E-state index in [-0.39, 0.29) is 35.8 Å². The molecule has 1 saturated carbocycles. The molecule has 1 aliphatic rings. The first-order valence-corrected chi connectivity index (χ1v) is 9.41. The van der Waals surface area contributed by atoms with Gasteiger partial charge in [-0.15, -0.1) is 0 Å². The van der Waals surface area contributed by atoms with E-state index < -0.39 is 0 Å². The van der Waals surface area contributed by atoms with Gasteiger partial charge in [-0.25, -0.2) is 4.98 Å². The van der Waals surface area contributed by atoms with Crippen LogP contribution in [-0.4, -0.2) is 40.2 Å². The minimum atomic E-state index is -0.349. The van der Waals surface area contributed by atoms with Crippen molar-refractivity contribution in [3.8, 4) is 5.75 Å². The fraction of sp³-hybridized carbons (Fsp3) is 0.579. The normalized spacial score (nSPS) is 14.9. The molecular formula is C19H26N4O4. The third-order valence-electron chi connectivity index (χ3n) is 5.06. The van der Waals surface area contributed by atoms with Crippen LogP contribution in [0.4, 0.5) is 5.95 Å². The van der Waals surface area contributed by atoms with Gasteiger partial charge in [0.1, 0.15) is 6.26 Å². The van der Waals surface area contributed by atoms with Crippen molar-refractivity contribution in [1.29, 1.82) is 0 Å². The maximum absolute atomic E-state index is 12.9. The van der Waals surface area contributed by atoms with E-state index in [1.165, 1.54) is 36.3 Å². The number of aromatic nitrogens is 3. The molecule has 2 heterocycles. The van der Waals surface area contributed by atoms with Gasteiger partial charge in [0.15, 0.2) is 11.5 Å². The number of ketones is 1. The van der Waals surface area contributed by atoms with Crippen LogP contribution in [-0.2, 0) is 13.5 Å². The van der Waals surface area contributed by atoms with Gasteiger partial charge in [-0.3, -0.25) is 14.2 Å². The third kappa shape index (κ3) is 4.04. The SMILES string of the molecule is CCOc1c(C(=O)Cc2cnoc2)nc(N(C)C2CCCCC2)n(C)c1=O. The number of Topliss-reactive ketones (excluding diaryl/α,β-unsaturated/α-hetero) is 1. The number of rotatable bonds is 7. The first-order chi connectivity index (χ1) is 13.0. The van der Waals surface area contributed by atoms with Crippen molar-refractivity contribution in [3.05, 3.63) is 34.1 Å². The van der Waals surface area contributed by atoms with Crippen LogP contribution >= 0.6 is 0 Å². The molecule has 0 amide bonds. The molecule has 0 radical (unpaired) electrons. The molecule has 0 spiro atoms. The van der Waals surface area contributed by atoms with Crippen molar-refractivity contribution in [1.82, 2.24) is 14.7 Å². The second-order valence-electron chi connectivity index (χ2n) is 6.92. The van der Waals surface area contributed by atoms with E-state index in [1.54, 1.807) is 14.0 Å². The van der Waals surface area contributed by atoms with Crippen LogP contribution in [0.5, 0.6) is 5.75 Å². The van der Waals surface area contributed by atoms with E-state index in [2.05, 4.69) is 10.1 Å². The van der Waals surface area contributed by atoms with E-state index in [1.807, 2.05) is 11.9 Å². The zero-order valence-corrected chi connectivity index (χ0v) is 16.1. The van der Waals surface area contributed by atoms with Gasteiger partial charge in [0.05, 0.1) is 12.8 Å². The number of carbonyl (C=O) groups excluding carboxylic acids is 1. The number of nitrogens with zero attached hydrogens (tertiary/aromatic N) is 4. The molecule has 0 bridgehead atoms. The molecule has 0 aromatic carbocycles. The Kier molecular flexibility index (Phi) is 5.93. The van der Waals surface area contributed by atoms with Gasteiger partial charge in [0.25, 0.3) is 5.56 Å². The molecule has 0 aliphatic heterocycles. The predicted octanol–water partition coefficient (Wildman–Crippen LogP) is 2.36. The van der Waals surface area contributed by atoms with Gasteiger partial charge in [-0.1, -0.05) is 24.4 Å². The van der Waals surface area contributed by atoms with E-state index in [0.29, 0.717) is 17.6 Å². The molecule has 0 unspecified atom stereocenters. The lowest BCUT2D eigenvalue weighted by molar-refractivity contribution is 0.0983. The zero-order chi connectivity index (χ0) is 19.4. The highest BCUT2D eigenvalue weighted by Gasteiger charge is 2.26. The first-order valence-electron chi connectivity index (χ1n) is 9.41. The van der Waals surface area contributed by atoms with Crippen LogP contribution in [0.3, 0.4) is 0 Å². The van der Waals surface area contributed by atoms with E-state index >= 15 is 0 Å². The largest absolute Gasteiger partial charge is 0.486 e. The highest BCUT2D eigenvalue weighted by molar-refractivity contribution is 5.98. The Bertz CT molecular complexity index is 838. The lowest BCUT2D eigenvalue weighted by Gasteiger charge is -2.33. The Morgan fingerprint density at radius 2 is 2.11 bits per heavy atom. The molecule has 3 rings (SSSR count). The summed E-state index contributed by atoms with van der Waals surface area (Å²) in [4.78, 5) is 32.3. The lowest BCUT2D eigenvalue weighted by Crippen LogP contribution is -2.39. The van der Waals surface area contributed by atoms with Crippen molar-refractivity contribution < 1.29 is 14.1 Å². The van der Waals surface area contributed by atoms with Crippen LogP contribution < -0.4 is 15.2 Å². The average Bonchev–Trinajstić information content (AvgIpc) is 3.19. The number of hydrogen-bond donors (Lipinski definition) is 0. The molecule has 0 N–H and O–H groups in total. The summed E-state index contributed by atoms with van der Waals surface area (Å²) in [6.45, 7) is 2.05. The number of ether oxygens (including phenoxy) is 1. The Morgan fingerprint density at radius 1 is 1.37 bits per heavy atom. The van der Waals surface area contributed by atoms with Crippen molar-refractivity contribution >= 4 is 11.7 Å². The summed E-state index contributed by atoms with van der Waals surface area (Å²) >= 11 is 0. The summed E-state index contributed by atoms with van der Waals surface area (Å²) in [7, 11) is 3.60. The number of carbonyl (C=O) groups is 1. The van der Waals surface area contributed by atoms with Crippen molar-refractivity contribution in [2.24, 2.45) is 7.05 Å². The highest BCUT2D eigenvalue weighted by atomic mass is 16.5. The second kappa shape index (κ2) is 8.37. The number of anilines is 1. The lowest BCUT2D eigenvalue weighted by atomic mass is 9.95. The smallest absolute Gasteiger partial charge is 0.297 e. The first kappa shape index (κ1) is 19.1. The molecule has 27 heavy (non-hydrogen) atoms. The van der Waals surface area contributed by atoms with Crippen molar-refractivity contribution in [3.63, 3.8) is 0 Å². The van der Waals surface area contributed by atoms with E-state index in [4.69, 9.17) is 9.26 Å². The van der Waals surface area contributed by atoms with Gasteiger partial charge < -0.3 is 14.2 Å². The molecule has 8 nitrogen and oxygen atoms in total. The Hall–Kier alpha value is -2.64. The fourth-order valence-corrected chi connectivity index (χ4v) is 3.56. The summed E-state index contributed by atoms with van der Waals surface area (Å²) in [6.07, 6.45) is 8.63. The van der Waals surface area contributed by atoms with Gasteiger partial charge in [0.2, 0.25) is 11.7 Å². The van der Waals surface area contributed by atoms with Crippen LogP contribution in [0.15, 0.2) is 21.8 Å². The number of hydrogen-bond acceptors (Lipinski definition) is 7. The molecular weight excluding hydrogens is 348 g/mol. The van der Waals surface area contributed by atoms with Crippen molar-refractivity contribution in [2.75, 3.05) is 18.6 Å². The van der Waals surface area contributed by atoms with Gasteiger partial charge in [-0.2, -0.15) is 0 Å². The molecule has 8 heteroatoms. The molecule has 2 aromatic rings. The fourth-order valence-electron chi connectivity index (χ4n) is 3.56. The monoisotopic (exact) mass is 374 g/mol. The molecule has 0 atom stereocenters. The average molecular weight is 374 g/mol. The minimum absolute atomic E-state index is 0.00208. The van der Waals surface area contributed by atoms with Crippen LogP contribution in [0.25, 0.3) is 0 Å². The molecule has 2 aromatic heterocycles. The standard InChI is InChI=1S/C19H26N4O4/c1-4-26-17-16(15(24)10-13-11-20-27-12-13)21-19(23(3)18(17)25)22(2)14-8-6-5-7-9-14/h11-12,14H,4-10H2,1-3H3. The van der Waals surface area contributed by atoms with Crippen LogP contribution in [0, 0.1) is 0 Å². The Labute approximate surface area is 158 Å². The second-order valence-corrected chi connectivity index (χ2v) is 6.92. The van der Waals surface area contributed by atoms with Crippen LogP contribution in [0.2, 0.25) is 0 Å². The summed E-state index contributed by atoms with van der Waals surface area (Å²) < 4.78 is 11.7. The maximum atomic E-state index is 12.9. The highest BCUT2D eigenvalue weighted by Crippen LogP contribution is 2.26. The molecule has 1 fully saturated rings. The molecule has 1 aliphatic carbocycles. The topological polar surface area (TPSA) is 90.5 Å². The molecule has 146 valence electrons. The summed E-state index contributed by atoms with van der Waals surface area (Å²) in [5.74, 6) is 0.198. The predicted molar refractivity (Wildman–Crippen MR) is 100 cm³/mol. The maximum Gasteiger partial charge on any atom is 0.297 e. The van der Waals surface area contributed by atoms with Gasteiger partial charge in [0, 0.05) is 32.1 Å². The van der Waals surface area contributed by atoms with Gasteiger partial charge in [-0.05, 0) is 19.8 Å². The molecule has 0 saturated heterocycles. The van der Waals surface area contributed by atoms with Gasteiger partial charge >= 0.3 is 0 Å². The van der Waals surface area contributed by atoms with Crippen LogP contribution in [0.1, 0.15) is 55.1 Å². The third-order valence-corrected chi connectivity index (χ3v) is 5.06. The Balaban J connectivity index is 2.00. The zero-order valence-electron chi connectivity index (χ0n) is 16.1. The Morgan fingerprint density at radius 3 is 2.74 bits per heavy atom. The summed E-state index contributed by atoms with van der Waals surface area (Å²) in [5, 5.41) is 3.61. The summed E-state index contributed by atoms with van der Waals surface area (Å²) in [5.41, 5.74) is 0.351. The van der Waals surface area contributed by atoms with Crippen molar-refractivity contribution in [2.45, 2.75) is 51.5 Å². The van der Waals surface area contributed by atoms with E-state index in [0.717, 1.165) is 12.8 Å².